The molecule has 1 unspecified atom stereocenters. The smallest absolute Gasteiger partial charge is 0.471 e. The van der Waals surface area contributed by atoms with Crippen LogP contribution in [0.5, 0.6) is 5.75 Å². The van der Waals surface area contributed by atoms with Crippen LogP contribution in [0.4, 0.5) is 23.2 Å². The number of alkyl halides is 3. The number of nitrogens with one attached hydrogen (secondary N) is 2. The fourth-order valence-electron chi connectivity index (χ4n) is 3.29. The van der Waals surface area contributed by atoms with Crippen molar-refractivity contribution in [3.63, 3.8) is 0 Å². The largest absolute Gasteiger partial charge is 0.496 e. The number of nitrogens with zero attached hydrogens (tertiary/aromatic N) is 1. The van der Waals surface area contributed by atoms with E-state index in [1.54, 1.807) is 0 Å². The van der Waals surface area contributed by atoms with Gasteiger partial charge in [-0.1, -0.05) is 0 Å². The number of sulfonamides is 1. The highest BCUT2D eigenvalue weighted by Crippen LogP contribution is 2.35. The number of benzene rings is 1. The van der Waals surface area contributed by atoms with Crippen LogP contribution >= 0.6 is 0 Å². The first kappa shape index (κ1) is 21.8. The van der Waals surface area contributed by atoms with Crippen LogP contribution in [0, 0.1) is 5.95 Å². The lowest BCUT2D eigenvalue weighted by Gasteiger charge is -2.28. The van der Waals surface area contributed by atoms with E-state index in [2.05, 4.69) is 9.71 Å². The zero-order valence-corrected chi connectivity index (χ0v) is 16.4. The van der Waals surface area contributed by atoms with Crippen molar-refractivity contribution >= 4 is 21.6 Å². The highest BCUT2D eigenvalue weighted by molar-refractivity contribution is 7.92. The molecule has 1 aliphatic rings. The van der Waals surface area contributed by atoms with E-state index < -0.39 is 34.1 Å². The second-order valence-electron chi connectivity index (χ2n) is 6.61. The van der Waals surface area contributed by atoms with Crippen LogP contribution in [-0.2, 0) is 27.7 Å². The number of rotatable bonds is 5. The number of pyridine rings is 1. The Balaban J connectivity index is 1.91. The lowest BCUT2D eigenvalue weighted by atomic mass is 9.87. The van der Waals surface area contributed by atoms with Crippen molar-refractivity contribution in [3.8, 4) is 5.75 Å². The number of hydrogen-bond donors (Lipinski definition) is 2. The molecule has 7 nitrogen and oxygen atoms in total. The van der Waals surface area contributed by atoms with Crippen LogP contribution in [0.3, 0.4) is 0 Å². The van der Waals surface area contributed by atoms with Gasteiger partial charge in [0.15, 0.2) is 0 Å². The Morgan fingerprint density at radius 3 is 2.53 bits per heavy atom. The summed E-state index contributed by atoms with van der Waals surface area (Å²) < 4.78 is 83.8. The molecule has 12 heteroatoms. The maximum absolute atomic E-state index is 12.9. The maximum atomic E-state index is 12.9. The van der Waals surface area contributed by atoms with Crippen molar-refractivity contribution in [2.24, 2.45) is 0 Å². The molecule has 1 heterocycles. The van der Waals surface area contributed by atoms with E-state index in [0.717, 1.165) is 12.3 Å². The van der Waals surface area contributed by atoms with E-state index in [9.17, 15) is 30.8 Å². The average Bonchev–Trinajstić information content (AvgIpc) is 2.67. The fourth-order valence-corrected chi connectivity index (χ4v) is 4.63. The van der Waals surface area contributed by atoms with E-state index in [1.807, 2.05) is 5.32 Å². The second kappa shape index (κ2) is 8.09. The first-order chi connectivity index (χ1) is 14.0. The van der Waals surface area contributed by atoms with Gasteiger partial charge in [0, 0.05) is 11.6 Å². The van der Waals surface area contributed by atoms with Gasteiger partial charge < -0.3 is 10.1 Å². The monoisotopic (exact) mass is 447 g/mol. The van der Waals surface area contributed by atoms with E-state index in [0.29, 0.717) is 16.9 Å². The SMILES string of the molecule is COc1ccc(S(=O)(=O)Nc2ccc(F)nc2)c2c1CC(NC(=O)C(F)(F)F)CC2. The van der Waals surface area contributed by atoms with E-state index in [4.69, 9.17) is 4.74 Å². The first-order valence-electron chi connectivity index (χ1n) is 8.72. The number of anilines is 1. The minimum Gasteiger partial charge on any atom is -0.496 e. The number of amides is 1. The van der Waals surface area contributed by atoms with Crippen molar-refractivity contribution in [2.75, 3.05) is 11.8 Å². The summed E-state index contributed by atoms with van der Waals surface area (Å²) >= 11 is 0. The van der Waals surface area contributed by atoms with Crippen LogP contribution in [0.2, 0.25) is 0 Å². The van der Waals surface area contributed by atoms with Crippen LogP contribution in [0.1, 0.15) is 17.5 Å². The molecule has 0 saturated heterocycles. The van der Waals surface area contributed by atoms with Gasteiger partial charge in [-0.25, -0.2) is 13.4 Å². The Hall–Kier alpha value is -2.89. The number of fused-ring (bicyclic) bond motifs is 1. The molecule has 1 aromatic heterocycles. The van der Waals surface area contributed by atoms with E-state index in [-0.39, 0.29) is 29.8 Å². The van der Waals surface area contributed by atoms with Crippen molar-refractivity contribution in [1.82, 2.24) is 10.3 Å². The fraction of sp³-hybridized carbons (Fsp3) is 0.333. The molecule has 0 saturated carbocycles. The molecule has 0 bridgehead atoms. The normalized spacial score (nSPS) is 16.5. The molecule has 30 heavy (non-hydrogen) atoms. The zero-order chi connectivity index (χ0) is 22.1. The molecule has 162 valence electrons. The molecule has 1 amide bonds. The molecule has 2 aromatic rings. The predicted molar refractivity (Wildman–Crippen MR) is 98.0 cm³/mol. The van der Waals surface area contributed by atoms with Gasteiger partial charge in [0.2, 0.25) is 5.95 Å². The summed E-state index contributed by atoms with van der Waals surface area (Å²) in [5.74, 6) is -2.52. The standard InChI is InChI=1S/C18H17F4N3O4S/c1-29-14-5-6-15(30(27,28)25-11-3-7-16(19)23-9-11)12-4-2-10(8-13(12)14)24-17(26)18(20,21)22/h3,5-7,9-10,25H,2,4,8H2,1H3,(H,24,26). The molecule has 0 fully saturated rings. The van der Waals surface area contributed by atoms with Crippen LogP contribution in [0.25, 0.3) is 0 Å². The molecule has 1 atom stereocenters. The number of carbonyl (C=O) groups is 1. The Bertz CT molecular complexity index is 1060. The minimum atomic E-state index is -5.01. The average molecular weight is 447 g/mol. The van der Waals surface area contributed by atoms with Gasteiger partial charge >= 0.3 is 12.1 Å². The van der Waals surface area contributed by atoms with Gasteiger partial charge in [-0.2, -0.15) is 17.6 Å². The molecular formula is C18H17F4N3O4S. The molecule has 0 spiro atoms. The Labute approximate surface area is 169 Å². The lowest BCUT2D eigenvalue weighted by molar-refractivity contribution is -0.174. The number of ether oxygens (including phenoxy) is 1. The van der Waals surface area contributed by atoms with Crippen molar-refractivity contribution in [1.29, 1.82) is 0 Å². The molecule has 1 aromatic carbocycles. The van der Waals surface area contributed by atoms with Gasteiger partial charge in [0.1, 0.15) is 5.75 Å². The topological polar surface area (TPSA) is 97.4 Å². The third-order valence-electron chi connectivity index (χ3n) is 4.62. The Kier molecular flexibility index (Phi) is 5.88. The summed E-state index contributed by atoms with van der Waals surface area (Å²) in [4.78, 5) is 14.5. The van der Waals surface area contributed by atoms with Crippen molar-refractivity contribution < 1.29 is 35.5 Å². The number of halogens is 4. The van der Waals surface area contributed by atoms with Gasteiger partial charge in [-0.3, -0.25) is 9.52 Å². The number of carbonyl (C=O) groups excluding carboxylic acids is 1. The highest BCUT2D eigenvalue weighted by atomic mass is 32.2. The molecule has 1 aliphatic carbocycles. The van der Waals surface area contributed by atoms with Gasteiger partial charge in [-0.05, 0) is 49.1 Å². The quantitative estimate of drug-likeness (QED) is 0.543. The summed E-state index contributed by atoms with van der Waals surface area (Å²) in [5, 5.41) is 1.93. The molecule has 0 aliphatic heterocycles. The van der Waals surface area contributed by atoms with Gasteiger partial charge in [0.05, 0.1) is 23.9 Å². The molecule has 0 radical (unpaired) electrons. The number of methoxy groups -OCH3 is 1. The van der Waals surface area contributed by atoms with Gasteiger partial charge in [-0.15, -0.1) is 0 Å². The third kappa shape index (κ3) is 4.64. The van der Waals surface area contributed by atoms with Crippen LogP contribution in [0.15, 0.2) is 35.4 Å². The first-order valence-corrected chi connectivity index (χ1v) is 10.2. The number of hydrogen-bond acceptors (Lipinski definition) is 5. The maximum Gasteiger partial charge on any atom is 0.471 e. The van der Waals surface area contributed by atoms with E-state index in [1.165, 1.54) is 25.3 Å². The van der Waals surface area contributed by atoms with Crippen molar-refractivity contribution in [2.45, 2.75) is 36.4 Å². The number of aromatic nitrogens is 1. The Morgan fingerprint density at radius 2 is 1.93 bits per heavy atom. The predicted octanol–water partition coefficient (Wildman–Crippen LogP) is 2.57. The highest BCUT2D eigenvalue weighted by Gasteiger charge is 2.40. The Morgan fingerprint density at radius 1 is 1.20 bits per heavy atom. The molecular weight excluding hydrogens is 430 g/mol. The lowest BCUT2D eigenvalue weighted by Crippen LogP contribution is -2.45. The third-order valence-corrected chi connectivity index (χ3v) is 6.09. The summed E-state index contributed by atoms with van der Waals surface area (Å²) in [6.45, 7) is 0. The molecule has 2 N–H and O–H groups in total. The van der Waals surface area contributed by atoms with Gasteiger partial charge in [0.25, 0.3) is 10.0 Å². The summed E-state index contributed by atoms with van der Waals surface area (Å²) in [6.07, 6.45) is -3.80. The van der Waals surface area contributed by atoms with Crippen LogP contribution in [-0.4, -0.2) is 38.6 Å². The zero-order valence-electron chi connectivity index (χ0n) is 15.6. The van der Waals surface area contributed by atoms with Crippen molar-refractivity contribution in [3.05, 3.63) is 47.5 Å². The summed E-state index contributed by atoms with van der Waals surface area (Å²) in [7, 11) is -2.74. The summed E-state index contributed by atoms with van der Waals surface area (Å²) in [6, 6.07) is 4.09. The van der Waals surface area contributed by atoms with E-state index >= 15 is 0 Å². The van der Waals surface area contributed by atoms with Crippen LogP contribution < -0.4 is 14.8 Å². The minimum absolute atomic E-state index is 0.0260. The summed E-state index contributed by atoms with van der Waals surface area (Å²) in [5.41, 5.74) is 0.831. The molecule has 3 rings (SSSR count). The second-order valence-corrected chi connectivity index (χ2v) is 8.26.